The van der Waals surface area contributed by atoms with Gasteiger partial charge < -0.3 is 0 Å². The molecule has 1 amide bonds. The molecule has 8 heteroatoms. The van der Waals surface area contributed by atoms with Crippen molar-refractivity contribution in [1.29, 1.82) is 0 Å². The molecule has 0 saturated heterocycles. The van der Waals surface area contributed by atoms with E-state index in [9.17, 15) is 13.2 Å². The summed E-state index contributed by atoms with van der Waals surface area (Å²) in [6.07, 6.45) is 0. The van der Waals surface area contributed by atoms with Gasteiger partial charge in [0.2, 0.25) is 0 Å². The van der Waals surface area contributed by atoms with Gasteiger partial charge >= 0.3 is 0 Å². The molecule has 0 spiro atoms. The van der Waals surface area contributed by atoms with Crippen molar-refractivity contribution in [2.75, 3.05) is 0 Å². The number of hydrazine groups is 1. The first-order valence-electron chi connectivity index (χ1n) is 8.20. The number of carbonyl (C=O) groups is 1. The third kappa shape index (κ3) is 4.24. The van der Waals surface area contributed by atoms with E-state index in [0.29, 0.717) is 15.6 Å². The molecule has 140 valence electrons. The van der Waals surface area contributed by atoms with Crippen LogP contribution in [0.1, 0.15) is 26.5 Å². The number of hydrogen-bond donors (Lipinski definition) is 2. The van der Waals surface area contributed by atoms with Gasteiger partial charge in [0.15, 0.2) is 0 Å². The average molecular weight is 402 g/mol. The average Bonchev–Trinajstić information content (AvgIpc) is 3.04. The van der Waals surface area contributed by atoms with Crippen LogP contribution in [0.5, 0.6) is 0 Å². The molecule has 1 aromatic heterocycles. The van der Waals surface area contributed by atoms with Crippen LogP contribution >= 0.6 is 11.3 Å². The van der Waals surface area contributed by atoms with Gasteiger partial charge in [0.1, 0.15) is 9.88 Å². The summed E-state index contributed by atoms with van der Waals surface area (Å²) in [5.74, 6) is -0.542. The molecule has 1 heterocycles. The minimum absolute atomic E-state index is 0.0944. The summed E-state index contributed by atoms with van der Waals surface area (Å²) < 4.78 is 24.8. The third-order valence-electron chi connectivity index (χ3n) is 4.11. The first kappa shape index (κ1) is 19.2. The van der Waals surface area contributed by atoms with Gasteiger partial charge in [-0.25, -0.2) is 13.4 Å². The molecule has 2 aromatic carbocycles. The SMILES string of the molecule is Cc1ccc(S(=O)(=O)NNC(=O)c2sc(-c3ccccc3)nc2C)cc1C. The van der Waals surface area contributed by atoms with Crippen molar-refractivity contribution in [3.8, 4) is 10.6 Å². The highest BCUT2D eigenvalue weighted by atomic mass is 32.2. The normalized spacial score (nSPS) is 11.4. The molecule has 0 bridgehead atoms. The summed E-state index contributed by atoms with van der Waals surface area (Å²) >= 11 is 1.21. The summed E-state index contributed by atoms with van der Waals surface area (Å²) in [4.78, 5) is 19.4. The number of benzene rings is 2. The molecule has 2 N–H and O–H groups in total. The molecule has 3 aromatic rings. The van der Waals surface area contributed by atoms with Crippen LogP contribution in [0.2, 0.25) is 0 Å². The number of aryl methyl sites for hydroxylation is 3. The van der Waals surface area contributed by atoms with Crippen LogP contribution in [0.3, 0.4) is 0 Å². The number of sulfonamides is 1. The van der Waals surface area contributed by atoms with Crippen molar-refractivity contribution >= 4 is 27.3 Å². The monoisotopic (exact) mass is 401 g/mol. The molecule has 0 saturated carbocycles. The van der Waals surface area contributed by atoms with Gasteiger partial charge in [0, 0.05) is 5.56 Å². The van der Waals surface area contributed by atoms with Gasteiger partial charge in [-0.1, -0.05) is 36.4 Å². The fraction of sp³-hybridized carbons (Fsp3) is 0.158. The van der Waals surface area contributed by atoms with Crippen molar-refractivity contribution < 1.29 is 13.2 Å². The Kier molecular flexibility index (Phi) is 5.41. The maximum absolute atomic E-state index is 12.4. The Morgan fingerprint density at radius 3 is 2.37 bits per heavy atom. The Hall–Kier alpha value is -2.55. The Morgan fingerprint density at radius 2 is 1.70 bits per heavy atom. The van der Waals surface area contributed by atoms with Crippen molar-refractivity contribution in [2.24, 2.45) is 0 Å². The Labute approximate surface area is 162 Å². The molecule has 0 atom stereocenters. The Morgan fingerprint density at radius 1 is 1.00 bits per heavy atom. The van der Waals surface area contributed by atoms with Gasteiger partial charge in [0.05, 0.1) is 10.6 Å². The number of rotatable bonds is 5. The van der Waals surface area contributed by atoms with E-state index in [-0.39, 0.29) is 4.90 Å². The minimum atomic E-state index is -3.86. The highest BCUT2D eigenvalue weighted by Crippen LogP contribution is 2.27. The highest BCUT2D eigenvalue weighted by Gasteiger charge is 2.20. The maximum atomic E-state index is 12.4. The highest BCUT2D eigenvalue weighted by molar-refractivity contribution is 7.89. The predicted octanol–water partition coefficient (Wildman–Crippen LogP) is 3.36. The molecule has 0 fully saturated rings. The second-order valence-corrected chi connectivity index (χ2v) is 8.79. The number of thiazole rings is 1. The molecule has 0 aliphatic carbocycles. The van der Waals surface area contributed by atoms with E-state index < -0.39 is 15.9 Å². The van der Waals surface area contributed by atoms with E-state index in [0.717, 1.165) is 16.7 Å². The quantitative estimate of drug-likeness (QED) is 0.642. The summed E-state index contributed by atoms with van der Waals surface area (Å²) in [6.45, 7) is 5.45. The van der Waals surface area contributed by atoms with Crippen LogP contribution in [-0.4, -0.2) is 19.3 Å². The number of nitrogens with zero attached hydrogens (tertiary/aromatic N) is 1. The topological polar surface area (TPSA) is 88.2 Å². The molecule has 3 rings (SSSR count). The molecular formula is C19H19N3O3S2. The molecule has 0 unspecified atom stereocenters. The predicted molar refractivity (Wildman–Crippen MR) is 106 cm³/mol. The lowest BCUT2D eigenvalue weighted by Crippen LogP contribution is -2.41. The largest absolute Gasteiger partial charge is 0.278 e. The number of aromatic nitrogens is 1. The van der Waals surface area contributed by atoms with E-state index in [4.69, 9.17) is 0 Å². The molecule has 6 nitrogen and oxygen atoms in total. The third-order valence-corrected chi connectivity index (χ3v) is 6.56. The standard InChI is InChI=1S/C19H19N3O3S2/c1-12-9-10-16(11-13(12)2)27(24,25)22-21-18(23)17-14(3)20-19(26-17)15-7-5-4-6-8-15/h4-11,22H,1-3H3,(H,21,23). The lowest BCUT2D eigenvalue weighted by molar-refractivity contribution is 0.0948. The number of nitrogens with one attached hydrogen (secondary N) is 2. The summed E-state index contributed by atoms with van der Waals surface area (Å²) in [7, 11) is -3.86. The van der Waals surface area contributed by atoms with Gasteiger partial charge in [-0.05, 0) is 44.0 Å². The summed E-state index contributed by atoms with van der Waals surface area (Å²) in [5, 5.41) is 0.704. The minimum Gasteiger partial charge on any atom is -0.273 e. The van der Waals surface area contributed by atoms with Gasteiger partial charge in [-0.15, -0.1) is 16.2 Å². The number of amides is 1. The van der Waals surface area contributed by atoms with Crippen LogP contribution < -0.4 is 10.3 Å². The van der Waals surface area contributed by atoms with E-state index in [1.807, 2.05) is 44.2 Å². The lowest BCUT2D eigenvalue weighted by atomic mass is 10.1. The van der Waals surface area contributed by atoms with Crippen molar-refractivity contribution in [3.05, 3.63) is 70.2 Å². The first-order chi connectivity index (χ1) is 12.8. The van der Waals surface area contributed by atoms with Crippen molar-refractivity contribution in [3.63, 3.8) is 0 Å². The Bertz CT molecular complexity index is 1090. The van der Waals surface area contributed by atoms with Gasteiger partial charge in [-0.2, -0.15) is 0 Å². The zero-order valence-electron chi connectivity index (χ0n) is 15.1. The van der Waals surface area contributed by atoms with Crippen LogP contribution in [0.15, 0.2) is 53.4 Å². The molecule has 0 aliphatic heterocycles. The van der Waals surface area contributed by atoms with E-state index in [1.54, 1.807) is 19.1 Å². The molecular weight excluding hydrogens is 382 g/mol. The van der Waals surface area contributed by atoms with E-state index in [1.165, 1.54) is 17.4 Å². The van der Waals surface area contributed by atoms with Gasteiger partial charge in [-0.3, -0.25) is 10.2 Å². The number of hydrogen-bond acceptors (Lipinski definition) is 5. The zero-order chi connectivity index (χ0) is 19.6. The fourth-order valence-electron chi connectivity index (χ4n) is 2.42. The lowest BCUT2D eigenvalue weighted by Gasteiger charge is -2.09. The van der Waals surface area contributed by atoms with Crippen LogP contribution in [0.4, 0.5) is 0 Å². The van der Waals surface area contributed by atoms with Crippen LogP contribution in [-0.2, 0) is 10.0 Å². The van der Waals surface area contributed by atoms with E-state index >= 15 is 0 Å². The Balaban J connectivity index is 1.76. The first-order valence-corrected chi connectivity index (χ1v) is 10.5. The van der Waals surface area contributed by atoms with Crippen LogP contribution in [0, 0.1) is 20.8 Å². The summed E-state index contributed by atoms with van der Waals surface area (Å²) in [6, 6.07) is 14.3. The van der Waals surface area contributed by atoms with Gasteiger partial charge in [0.25, 0.3) is 15.9 Å². The van der Waals surface area contributed by atoms with Crippen molar-refractivity contribution in [1.82, 2.24) is 15.2 Å². The second kappa shape index (κ2) is 7.59. The fourth-order valence-corrected chi connectivity index (χ4v) is 4.31. The maximum Gasteiger partial charge on any atom is 0.278 e. The molecule has 27 heavy (non-hydrogen) atoms. The number of carbonyl (C=O) groups excluding carboxylic acids is 1. The van der Waals surface area contributed by atoms with E-state index in [2.05, 4.69) is 15.2 Å². The summed E-state index contributed by atoms with van der Waals surface area (Å²) in [5.41, 5.74) is 5.57. The smallest absolute Gasteiger partial charge is 0.273 e. The van der Waals surface area contributed by atoms with Crippen molar-refractivity contribution in [2.45, 2.75) is 25.7 Å². The second-order valence-electron chi connectivity index (χ2n) is 6.11. The van der Waals surface area contributed by atoms with Crippen LogP contribution in [0.25, 0.3) is 10.6 Å². The molecule has 0 radical (unpaired) electrons. The molecule has 0 aliphatic rings. The zero-order valence-corrected chi connectivity index (χ0v) is 16.7.